The molecule has 0 unspecified atom stereocenters. The molecule has 3 aromatic rings. The van der Waals surface area contributed by atoms with Crippen LogP contribution in [0.5, 0.6) is 0 Å². The minimum absolute atomic E-state index is 0.611. The molecule has 3 nitrogen and oxygen atoms in total. The van der Waals surface area contributed by atoms with Crippen molar-refractivity contribution in [2.24, 2.45) is 7.05 Å². The van der Waals surface area contributed by atoms with Crippen LogP contribution in [-0.2, 0) is 7.05 Å². The quantitative estimate of drug-likeness (QED) is 0.775. The molecule has 1 aliphatic rings. The second-order valence-corrected chi connectivity index (χ2v) is 5.96. The van der Waals surface area contributed by atoms with Gasteiger partial charge in [-0.2, -0.15) is 0 Å². The Morgan fingerprint density at radius 3 is 2.95 bits per heavy atom. The van der Waals surface area contributed by atoms with Crippen LogP contribution in [0.25, 0.3) is 21.5 Å². The molecule has 0 atom stereocenters. The average molecular weight is 269 g/mol. The lowest BCUT2D eigenvalue weighted by atomic mass is 10.0. The third-order valence-electron chi connectivity index (χ3n) is 3.85. The molecule has 0 saturated carbocycles. The zero-order chi connectivity index (χ0) is 12.8. The van der Waals surface area contributed by atoms with E-state index in [4.69, 9.17) is 4.98 Å². The summed E-state index contributed by atoms with van der Waals surface area (Å²) in [4.78, 5) is 4.83. The zero-order valence-corrected chi connectivity index (χ0v) is 11.6. The Bertz CT molecular complexity index is 737. The predicted molar refractivity (Wildman–Crippen MR) is 79.6 cm³/mol. The molecule has 4 heteroatoms. The van der Waals surface area contributed by atoms with Gasteiger partial charge in [-0.3, -0.25) is 0 Å². The maximum absolute atomic E-state index is 4.83. The van der Waals surface area contributed by atoms with Gasteiger partial charge in [-0.05, 0) is 6.07 Å². The topological polar surface area (TPSA) is 29.9 Å². The first-order valence-electron chi connectivity index (χ1n) is 6.53. The molecule has 3 heterocycles. The van der Waals surface area contributed by atoms with E-state index >= 15 is 0 Å². The maximum Gasteiger partial charge on any atom is 0.125 e. The fourth-order valence-corrected chi connectivity index (χ4v) is 3.53. The Balaban J connectivity index is 1.83. The third-order valence-corrected chi connectivity index (χ3v) is 4.74. The first-order chi connectivity index (χ1) is 9.33. The molecule has 1 aromatic carbocycles. The van der Waals surface area contributed by atoms with E-state index in [0.29, 0.717) is 5.92 Å². The SMILES string of the molecule is Cn1cc(-c2nc(C3CNC3)cs2)c2ccccc21. The summed E-state index contributed by atoms with van der Waals surface area (Å²) in [6.45, 7) is 2.14. The minimum atomic E-state index is 0.611. The Morgan fingerprint density at radius 1 is 1.32 bits per heavy atom. The molecular formula is C15H15N3S. The minimum Gasteiger partial charge on any atom is -0.350 e. The monoisotopic (exact) mass is 269 g/mol. The second kappa shape index (κ2) is 4.18. The molecule has 1 aliphatic heterocycles. The van der Waals surface area contributed by atoms with Gasteiger partial charge in [0.15, 0.2) is 0 Å². The van der Waals surface area contributed by atoms with E-state index in [1.54, 1.807) is 11.3 Å². The molecule has 0 bridgehead atoms. The molecule has 1 fully saturated rings. The molecule has 1 saturated heterocycles. The molecule has 0 radical (unpaired) electrons. The summed E-state index contributed by atoms with van der Waals surface area (Å²) in [5, 5.41) is 7.94. The van der Waals surface area contributed by atoms with Crippen LogP contribution < -0.4 is 5.32 Å². The van der Waals surface area contributed by atoms with Crippen LogP contribution in [0, 0.1) is 0 Å². The van der Waals surface area contributed by atoms with Crippen molar-refractivity contribution in [2.75, 3.05) is 13.1 Å². The van der Waals surface area contributed by atoms with Gasteiger partial charge in [0.2, 0.25) is 0 Å². The fraction of sp³-hybridized carbons (Fsp3) is 0.267. The highest BCUT2D eigenvalue weighted by Crippen LogP contribution is 2.34. The first-order valence-corrected chi connectivity index (χ1v) is 7.41. The van der Waals surface area contributed by atoms with Crippen molar-refractivity contribution in [1.82, 2.24) is 14.9 Å². The van der Waals surface area contributed by atoms with Crippen LogP contribution in [0.2, 0.25) is 0 Å². The molecular weight excluding hydrogens is 254 g/mol. The highest BCUT2D eigenvalue weighted by atomic mass is 32.1. The van der Waals surface area contributed by atoms with Gasteiger partial charge in [-0.15, -0.1) is 11.3 Å². The number of thiazole rings is 1. The summed E-state index contributed by atoms with van der Waals surface area (Å²) in [5.74, 6) is 0.611. The summed E-state index contributed by atoms with van der Waals surface area (Å²) in [6.07, 6.45) is 2.19. The summed E-state index contributed by atoms with van der Waals surface area (Å²) in [5.41, 5.74) is 3.76. The van der Waals surface area contributed by atoms with Gasteiger partial charge in [0.05, 0.1) is 5.69 Å². The summed E-state index contributed by atoms with van der Waals surface area (Å²) in [6, 6.07) is 8.51. The van der Waals surface area contributed by atoms with Gasteiger partial charge < -0.3 is 9.88 Å². The summed E-state index contributed by atoms with van der Waals surface area (Å²) < 4.78 is 2.18. The fourth-order valence-electron chi connectivity index (χ4n) is 2.61. The zero-order valence-electron chi connectivity index (χ0n) is 10.8. The van der Waals surface area contributed by atoms with Crippen molar-refractivity contribution in [3.05, 3.63) is 41.5 Å². The number of nitrogens with zero attached hydrogens (tertiary/aromatic N) is 2. The lowest BCUT2D eigenvalue weighted by Crippen LogP contribution is -2.40. The van der Waals surface area contributed by atoms with E-state index in [-0.39, 0.29) is 0 Å². The van der Waals surface area contributed by atoms with Gasteiger partial charge in [0.25, 0.3) is 0 Å². The Hall–Kier alpha value is -1.65. The number of para-hydroxylation sites is 1. The van der Waals surface area contributed by atoms with Crippen molar-refractivity contribution in [3.8, 4) is 10.6 Å². The van der Waals surface area contributed by atoms with Crippen LogP contribution >= 0.6 is 11.3 Å². The van der Waals surface area contributed by atoms with Gasteiger partial charge in [0.1, 0.15) is 5.01 Å². The third kappa shape index (κ3) is 1.71. The average Bonchev–Trinajstić information content (AvgIpc) is 2.94. The maximum atomic E-state index is 4.83. The first kappa shape index (κ1) is 11.2. The number of hydrogen-bond acceptors (Lipinski definition) is 3. The van der Waals surface area contributed by atoms with Crippen molar-refractivity contribution < 1.29 is 0 Å². The number of rotatable bonds is 2. The number of fused-ring (bicyclic) bond motifs is 1. The van der Waals surface area contributed by atoms with Crippen molar-refractivity contribution >= 4 is 22.2 Å². The molecule has 0 amide bonds. The van der Waals surface area contributed by atoms with Crippen LogP contribution in [0.4, 0.5) is 0 Å². The standard InChI is InChI=1S/C15H15N3S/c1-18-8-12(11-4-2-3-5-14(11)18)15-17-13(9-19-15)10-6-16-7-10/h2-5,8-10,16H,6-7H2,1H3. The lowest BCUT2D eigenvalue weighted by molar-refractivity contribution is 0.441. The predicted octanol–water partition coefficient (Wildman–Crippen LogP) is 2.99. The van der Waals surface area contributed by atoms with Crippen LogP contribution in [0.1, 0.15) is 11.6 Å². The summed E-state index contributed by atoms with van der Waals surface area (Å²) in [7, 11) is 2.09. The molecule has 19 heavy (non-hydrogen) atoms. The molecule has 96 valence electrons. The van der Waals surface area contributed by atoms with Gasteiger partial charge in [0, 0.05) is 54.1 Å². The number of hydrogen-bond donors (Lipinski definition) is 1. The van der Waals surface area contributed by atoms with Crippen molar-refractivity contribution in [1.29, 1.82) is 0 Å². The van der Waals surface area contributed by atoms with Crippen LogP contribution in [0.15, 0.2) is 35.8 Å². The Labute approximate surface area is 115 Å². The number of aromatic nitrogens is 2. The molecule has 0 spiro atoms. The van der Waals surface area contributed by atoms with Gasteiger partial charge in [-0.25, -0.2) is 4.98 Å². The Kier molecular flexibility index (Phi) is 2.47. The molecule has 4 rings (SSSR count). The molecule has 2 aromatic heterocycles. The molecule has 1 N–H and O–H groups in total. The highest BCUT2D eigenvalue weighted by molar-refractivity contribution is 7.13. The number of nitrogens with one attached hydrogen (secondary N) is 1. The normalized spacial score (nSPS) is 15.8. The van der Waals surface area contributed by atoms with Gasteiger partial charge >= 0.3 is 0 Å². The van der Waals surface area contributed by atoms with E-state index in [1.807, 2.05) is 0 Å². The molecule has 0 aliphatic carbocycles. The van der Waals surface area contributed by atoms with Crippen LogP contribution in [-0.4, -0.2) is 22.6 Å². The van der Waals surface area contributed by atoms with Gasteiger partial charge in [-0.1, -0.05) is 18.2 Å². The second-order valence-electron chi connectivity index (χ2n) is 5.10. The number of aryl methyl sites for hydroxylation is 1. The summed E-state index contributed by atoms with van der Waals surface area (Å²) >= 11 is 1.76. The lowest BCUT2D eigenvalue weighted by Gasteiger charge is -2.25. The number of benzene rings is 1. The van der Waals surface area contributed by atoms with E-state index in [1.165, 1.54) is 22.2 Å². The van der Waals surface area contributed by atoms with Crippen molar-refractivity contribution in [2.45, 2.75) is 5.92 Å². The van der Waals surface area contributed by atoms with E-state index in [9.17, 15) is 0 Å². The Morgan fingerprint density at radius 2 is 2.16 bits per heavy atom. The van der Waals surface area contributed by atoms with E-state index < -0.39 is 0 Å². The van der Waals surface area contributed by atoms with E-state index in [2.05, 4.69) is 52.8 Å². The van der Waals surface area contributed by atoms with E-state index in [0.717, 1.165) is 18.1 Å². The van der Waals surface area contributed by atoms with Crippen LogP contribution in [0.3, 0.4) is 0 Å². The largest absolute Gasteiger partial charge is 0.350 e. The van der Waals surface area contributed by atoms with Crippen molar-refractivity contribution in [3.63, 3.8) is 0 Å². The highest BCUT2D eigenvalue weighted by Gasteiger charge is 2.22. The smallest absolute Gasteiger partial charge is 0.125 e.